The van der Waals surface area contributed by atoms with Crippen LogP contribution in [0.5, 0.6) is 5.75 Å². The fraction of sp³-hybridized carbons (Fsp3) is 0.538. The molecule has 3 nitrogen and oxygen atoms in total. The number of rotatable bonds is 4. The van der Waals surface area contributed by atoms with E-state index in [1.165, 1.54) is 0 Å². The van der Waals surface area contributed by atoms with Gasteiger partial charge in [-0.15, -0.1) is 0 Å². The van der Waals surface area contributed by atoms with E-state index in [9.17, 15) is 5.11 Å². The molecule has 0 spiro atoms. The fourth-order valence-electron chi connectivity index (χ4n) is 1.81. The van der Waals surface area contributed by atoms with Crippen molar-refractivity contribution in [2.75, 3.05) is 13.2 Å². The van der Waals surface area contributed by atoms with Gasteiger partial charge in [-0.1, -0.05) is 12.1 Å². The van der Waals surface area contributed by atoms with Gasteiger partial charge in [0.1, 0.15) is 12.4 Å². The van der Waals surface area contributed by atoms with Gasteiger partial charge in [-0.2, -0.15) is 0 Å². The molecule has 3 heteroatoms. The fourth-order valence-corrected chi connectivity index (χ4v) is 1.81. The highest BCUT2D eigenvalue weighted by molar-refractivity contribution is 5.28. The van der Waals surface area contributed by atoms with E-state index < -0.39 is 6.10 Å². The SMILES string of the molecule is C[C@H](O)c1ccc(OCC2CCCO2)cc1. The van der Waals surface area contributed by atoms with Crippen molar-refractivity contribution in [2.24, 2.45) is 0 Å². The monoisotopic (exact) mass is 222 g/mol. The third-order valence-corrected chi connectivity index (χ3v) is 2.82. The second kappa shape index (κ2) is 5.32. The highest BCUT2D eigenvalue weighted by atomic mass is 16.5. The number of hydrogen-bond donors (Lipinski definition) is 1. The maximum atomic E-state index is 9.36. The van der Waals surface area contributed by atoms with E-state index in [2.05, 4.69) is 0 Å². The lowest BCUT2D eigenvalue weighted by Crippen LogP contribution is -2.16. The summed E-state index contributed by atoms with van der Waals surface area (Å²) in [6, 6.07) is 7.54. The average molecular weight is 222 g/mol. The summed E-state index contributed by atoms with van der Waals surface area (Å²) in [5, 5.41) is 9.36. The Morgan fingerprint density at radius 1 is 1.44 bits per heavy atom. The zero-order chi connectivity index (χ0) is 11.4. The molecule has 1 aromatic carbocycles. The summed E-state index contributed by atoms with van der Waals surface area (Å²) < 4.78 is 11.1. The van der Waals surface area contributed by atoms with Crippen LogP contribution in [0.15, 0.2) is 24.3 Å². The van der Waals surface area contributed by atoms with Gasteiger partial charge in [0.05, 0.1) is 12.2 Å². The Kier molecular flexibility index (Phi) is 3.80. The van der Waals surface area contributed by atoms with Crippen LogP contribution in [0.3, 0.4) is 0 Å². The lowest BCUT2D eigenvalue weighted by molar-refractivity contribution is 0.0679. The molecule has 1 aliphatic rings. The van der Waals surface area contributed by atoms with E-state index in [0.717, 1.165) is 30.8 Å². The van der Waals surface area contributed by atoms with Gasteiger partial charge in [-0.3, -0.25) is 0 Å². The Morgan fingerprint density at radius 2 is 2.19 bits per heavy atom. The smallest absolute Gasteiger partial charge is 0.119 e. The molecule has 16 heavy (non-hydrogen) atoms. The van der Waals surface area contributed by atoms with Crippen molar-refractivity contribution in [3.63, 3.8) is 0 Å². The van der Waals surface area contributed by atoms with Gasteiger partial charge in [0.25, 0.3) is 0 Å². The lowest BCUT2D eigenvalue weighted by Gasteiger charge is -2.12. The third kappa shape index (κ3) is 2.97. The van der Waals surface area contributed by atoms with Crippen molar-refractivity contribution < 1.29 is 14.6 Å². The van der Waals surface area contributed by atoms with Crippen LogP contribution in [0.4, 0.5) is 0 Å². The standard InChI is InChI=1S/C13H18O3/c1-10(14)11-4-6-12(7-5-11)16-9-13-3-2-8-15-13/h4-7,10,13-14H,2-3,8-9H2,1H3/t10-,13?/m0/s1. The average Bonchev–Trinajstić information content (AvgIpc) is 2.80. The van der Waals surface area contributed by atoms with Gasteiger partial charge in [-0.05, 0) is 37.5 Å². The Bertz CT molecular complexity index is 312. The normalized spacial score (nSPS) is 22.0. The van der Waals surface area contributed by atoms with Gasteiger partial charge in [-0.25, -0.2) is 0 Å². The molecule has 2 atom stereocenters. The second-order valence-electron chi connectivity index (χ2n) is 4.19. The van der Waals surface area contributed by atoms with E-state index in [4.69, 9.17) is 9.47 Å². The van der Waals surface area contributed by atoms with Crippen LogP contribution < -0.4 is 4.74 Å². The van der Waals surface area contributed by atoms with E-state index in [1.54, 1.807) is 6.92 Å². The molecule has 0 amide bonds. The van der Waals surface area contributed by atoms with Gasteiger partial charge >= 0.3 is 0 Å². The highest BCUT2D eigenvalue weighted by Crippen LogP contribution is 2.19. The summed E-state index contributed by atoms with van der Waals surface area (Å²) in [5.74, 6) is 0.833. The molecule has 0 aromatic heterocycles. The Labute approximate surface area is 96.0 Å². The molecule has 1 heterocycles. The van der Waals surface area contributed by atoms with Crippen molar-refractivity contribution in [1.82, 2.24) is 0 Å². The van der Waals surface area contributed by atoms with Crippen LogP contribution >= 0.6 is 0 Å². The summed E-state index contributed by atoms with van der Waals surface area (Å²) in [5.41, 5.74) is 0.907. The quantitative estimate of drug-likeness (QED) is 0.849. The molecule has 0 aliphatic carbocycles. The first kappa shape index (κ1) is 11.4. The maximum Gasteiger partial charge on any atom is 0.119 e. The topological polar surface area (TPSA) is 38.7 Å². The van der Waals surface area contributed by atoms with E-state index in [-0.39, 0.29) is 6.10 Å². The second-order valence-corrected chi connectivity index (χ2v) is 4.19. The predicted molar refractivity (Wildman–Crippen MR) is 61.5 cm³/mol. The van der Waals surface area contributed by atoms with Crippen LogP contribution in [0.2, 0.25) is 0 Å². The van der Waals surface area contributed by atoms with Crippen LogP contribution in [-0.2, 0) is 4.74 Å². The van der Waals surface area contributed by atoms with Crippen LogP contribution in [0.25, 0.3) is 0 Å². The summed E-state index contributed by atoms with van der Waals surface area (Å²) in [7, 11) is 0. The minimum atomic E-state index is -0.424. The molecule has 0 bridgehead atoms. The molecule has 1 saturated heterocycles. The number of aliphatic hydroxyl groups excluding tert-OH is 1. The van der Waals surface area contributed by atoms with Gasteiger partial charge in [0.2, 0.25) is 0 Å². The Morgan fingerprint density at radius 3 is 2.75 bits per heavy atom. The summed E-state index contributed by atoms with van der Waals surface area (Å²) in [6.45, 7) is 3.23. The molecule has 1 N–H and O–H groups in total. The number of hydrogen-bond acceptors (Lipinski definition) is 3. The zero-order valence-corrected chi connectivity index (χ0v) is 9.56. The van der Waals surface area contributed by atoms with Gasteiger partial charge in [0.15, 0.2) is 0 Å². The molecule has 1 aromatic rings. The molecule has 1 unspecified atom stereocenters. The van der Waals surface area contributed by atoms with E-state index in [1.807, 2.05) is 24.3 Å². The lowest BCUT2D eigenvalue weighted by atomic mass is 10.1. The summed E-state index contributed by atoms with van der Waals surface area (Å²) in [6.07, 6.45) is 2.05. The van der Waals surface area contributed by atoms with E-state index >= 15 is 0 Å². The zero-order valence-electron chi connectivity index (χ0n) is 9.56. The Balaban J connectivity index is 1.84. The third-order valence-electron chi connectivity index (χ3n) is 2.82. The summed E-state index contributed by atoms with van der Waals surface area (Å²) in [4.78, 5) is 0. The molecule has 0 radical (unpaired) electrons. The van der Waals surface area contributed by atoms with Crippen molar-refractivity contribution in [3.05, 3.63) is 29.8 Å². The maximum absolute atomic E-state index is 9.36. The molecule has 0 saturated carbocycles. The largest absolute Gasteiger partial charge is 0.491 e. The Hall–Kier alpha value is -1.06. The van der Waals surface area contributed by atoms with Crippen LogP contribution in [0, 0.1) is 0 Å². The summed E-state index contributed by atoms with van der Waals surface area (Å²) >= 11 is 0. The first-order chi connectivity index (χ1) is 7.75. The van der Waals surface area contributed by atoms with Crippen molar-refractivity contribution >= 4 is 0 Å². The van der Waals surface area contributed by atoms with Gasteiger partial charge in [0, 0.05) is 6.61 Å². The van der Waals surface area contributed by atoms with Crippen LogP contribution in [-0.4, -0.2) is 24.4 Å². The molecular weight excluding hydrogens is 204 g/mol. The highest BCUT2D eigenvalue weighted by Gasteiger charge is 2.15. The first-order valence-corrected chi connectivity index (χ1v) is 5.78. The molecule has 1 aliphatic heterocycles. The van der Waals surface area contributed by atoms with Crippen LogP contribution in [0.1, 0.15) is 31.4 Å². The predicted octanol–water partition coefficient (Wildman–Crippen LogP) is 2.30. The minimum absolute atomic E-state index is 0.247. The molecular formula is C13H18O3. The van der Waals surface area contributed by atoms with Crippen molar-refractivity contribution in [1.29, 1.82) is 0 Å². The number of benzene rings is 1. The number of ether oxygens (including phenoxy) is 2. The van der Waals surface area contributed by atoms with Gasteiger partial charge < -0.3 is 14.6 Å². The van der Waals surface area contributed by atoms with Crippen molar-refractivity contribution in [3.8, 4) is 5.75 Å². The minimum Gasteiger partial charge on any atom is -0.491 e. The van der Waals surface area contributed by atoms with E-state index in [0.29, 0.717) is 6.61 Å². The molecule has 88 valence electrons. The first-order valence-electron chi connectivity index (χ1n) is 5.78. The van der Waals surface area contributed by atoms with Crippen molar-refractivity contribution in [2.45, 2.75) is 32.0 Å². The molecule has 1 fully saturated rings. The number of aliphatic hydroxyl groups is 1. The molecule has 2 rings (SSSR count).